The van der Waals surface area contributed by atoms with Crippen LogP contribution in [0.1, 0.15) is 36.6 Å². The summed E-state index contributed by atoms with van der Waals surface area (Å²) >= 11 is 0. The molecule has 0 spiro atoms. The van der Waals surface area contributed by atoms with Crippen LogP contribution in [0.4, 0.5) is 0 Å². The maximum atomic E-state index is 4.64. The van der Waals surface area contributed by atoms with Crippen molar-refractivity contribution in [3.8, 4) is 11.5 Å². The van der Waals surface area contributed by atoms with Crippen LogP contribution in [0.2, 0.25) is 0 Å². The highest BCUT2D eigenvalue weighted by Crippen LogP contribution is 2.22. The van der Waals surface area contributed by atoms with Gasteiger partial charge in [0.05, 0.1) is 11.0 Å². The van der Waals surface area contributed by atoms with Gasteiger partial charge in [-0.25, -0.2) is 4.98 Å². The van der Waals surface area contributed by atoms with Crippen molar-refractivity contribution >= 4 is 11.0 Å². The number of aromatic nitrogens is 4. The number of H-pyrrole nitrogens is 2. The quantitative estimate of drug-likeness (QED) is 0.753. The Labute approximate surface area is 118 Å². The molecule has 0 saturated carbocycles. The van der Waals surface area contributed by atoms with E-state index in [-0.39, 0.29) is 0 Å². The SMILES string of the molecule is CCCCc1cc(-c2nc3cc(C)c(C)cc3[nH]2)n[nH]1. The lowest BCUT2D eigenvalue weighted by Crippen LogP contribution is -1.83. The van der Waals surface area contributed by atoms with Crippen LogP contribution in [-0.4, -0.2) is 20.2 Å². The van der Waals surface area contributed by atoms with Gasteiger partial charge in [-0.05, 0) is 56.0 Å². The number of rotatable bonds is 4. The molecular formula is C16H20N4. The number of nitrogens with one attached hydrogen (secondary N) is 2. The monoisotopic (exact) mass is 268 g/mol. The first-order chi connectivity index (χ1) is 9.67. The van der Waals surface area contributed by atoms with Crippen LogP contribution in [0.25, 0.3) is 22.6 Å². The Morgan fingerprint density at radius 2 is 1.90 bits per heavy atom. The average molecular weight is 268 g/mol. The summed E-state index contributed by atoms with van der Waals surface area (Å²) < 4.78 is 0. The number of hydrogen-bond acceptors (Lipinski definition) is 2. The van der Waals surface area contributed by atoms with E-state index >= 15 is 0 Å². The van der Waals surface area contributed by atoms with Crippen LogP contribution < -0.4 is 0 Å². The second-order valence-electron chi connectivity index (χ2n) is 5.42. The molecule has 0 aliphatic carbocycles. The molecule has 0 unspecified atom stereocenters. The van der Waals surface area contributed by atoms with Crippen LogP contribution in [0.3, 0.4) is 0 Å². The summed E-state index contributed by atoms with van der Waals surface area (Å²) in [4.78, 5) is 8.00. The van der Waals surface area contributed by atoms with Gasteiger partial charge in [-0.15, -0.1) is 0 Å². The van der Waals surface area contributed by atoms with Crippen LogP contribution >= 0.6 is 0 Å². The topological polar surface area (TPSA) is 57.4 Å². The first-order valence-electron chi connectivity index (χ1n) is 7.19. The Balaban J connectivity index is 1.95. The molecular weight excluding hydrogens is 248 g/mol. The fourth-order valence-electron chi connectivity index (χ4n) is 2.37. The van der Waals surface area contributed by atoms with E-state index in [1.807, 2.05) is 0 Å². The zero-order chi connectivity index (χ0) is 14.1. The van der Waals surface area contributed by atoms with E-state index < -0.39 is 0 Å². The second-order valence-corrected chi connectivity index (χ2v) is 5.42. The number of nitrogens with zero attached hydrogens (tertiary/aromatic N) is 2. The van der Waals surface area contributed by atoms with Gasteiger partial charge in [-0.3, -0.25) is 5.10 Å². The summed E-state index contributed by atoms with van der Waals surface area (Å²) in [7, 11) is 0. The molecule has 20 heavy (non-hydrogen) atoms. The third kappa shape index (κ3) is 2.33. The zero-order valence-electron chi connectivity index (χ0n) is 12.2. The smallest absolute Gasteiger partial charge is 0.159 e. The summed E-state index contributed by atoms with van der Waals surface area (Å²) in [6.45, 7) is 6.43. The number of benzene rings is 1. The molecule has 0 aliphatic heterocycles. The maximum Gasteiger partial charge on any atom is 0.159 e. The van der Waals surface area contributed by atoms with E-state index in [0.29, 0.717) is 0 Å². The molecule has 104 valence electrons. The zero-order valence-corrected chi connectivity index (χ0v) is 12.2. The van der Waals surface area contributed by atoms with Crippen LogP contribution in [-0.2, 0) is 6.42 Å². The van der Waals surface area contributed by atoms with E-state index in [1.54, 1.807) is 0 Å². The highest BCUT2D eigenvalue weighted by Gasteiger charge is 2.10. The Bertz CT molecular complexity index is 697. The molecule has 3 aromatic rings. The van der Waals surface area contributed by atoms with Crippen molar-refractivity contribution in [2.24, 2.45) is 0 Å². The minimum Gasteiger partial charge on any atom is -0.337 e. The molecule has 0 bridgehead atoms. The van der Waals surface area contributed by atoms with Crippen molar-refractivity contribution in [3.63, 3.8) is 0 Å². The van der Waals surface area contributed by atoms with Crippen molar-refractivity contribution < 1.29 is 0 Å². The number of unbranched alkanes of at least 4 members (excludes halogenated alkanes) is 1. The number of aromatic amines is 2. The second kappa shape index (κ2) is 5.12. The van der Waals surface area contributed by atoms with Gasteiger partial charge < -0.3 is 4.98 Å². The standard InChI is InChI=1S/C16H20N4/c1-4-5-6-12-9-15(20-19-12)16-17-13-7-10(2)11(3)8-14(13)18-16/h7-9H,4-6H2,1-3H3,(H,17,18)(H,19,20). The van der Waals surface area contributed by atoms with Gasteiger partial charge in [0, 0.05) is 5.69 Å². The molecule has 2 aromatic heterocycles. The third-order valence-electron chi connectivity index (χ3n) is 3.77. The molecule has 0 amide bonds. The summed E-state index contributed by atoms with van der Waals surface area (Å²) in [5.41, 5.74) is 6.68. The summed E-state index contributed by atoms with van der Waals surface area (Å²) in [6, 6.07) is 6.36. The molecule has 0 atom stereocenters. The molecule has 2 N–H and O–H groups in total. The molecule has 0 radical (unpaired) electrons. The van der Waals surface area contributed by atoms with Crippen molar-refractivity contribution in [2.75, 3.05) is 0 Å². The average Bonchev–Trinajstić information content (AvgIpc) is 3.03. The first kappa shape index (κ1) is 12.9. The maximum absolute atomic E-state index is 4.64. The highest BCUT2D eigenvalue weighted by molar-refractivity contribution is 5.80. The lowest BCUT2D eigenvalue weighted by molar-refractivity contribution is 0.772. The molecule has 4 heteroatoms. The molecule has 3 rings (SSSR count). The summed E-state index contributed by atoms with van der Waals surface area (Å²) in [5, 5.41) is 7.46. The molecule has 0 fully saturated rings. The highest BCUT2D eigenvalue weighted by atomic mass is 15.1. The molecule has 2 heterocycles. The van der Waals surface area contributed by atoms with Gasteiger partial charge in [0.1, 0.15) is 5.69 Å². The van der Waals surface area contributed by atoms with E-state index in [1.165, 1.54) is 29.7 Å². The minimum atomic E-state index is 0.837. The fraction of sp³-hybridized carbons (Fsp3) is 0.375. The van der Waals surface area contributed by atoms with Gasteiger partial charge in [-0.1, -0.05) is 13.3 Å². The van der Waals surface area contributed by atoms with Gasteiger partial charge in [-0.2, -0.15) is 5.10 Å². The fourth-order valence-corrected chi connectivity index (χ4v) is 2.37. The first-order valence-corrected chi connectivity index (χ1v) is 7.19. The van der Waals surface area contributed by atoms with Crippen molar-refractivity contribution in [1.82, 2.24) is 20.2 Å². The van der Waals surface area contributed by atoms with Crippen molar-refractivity contribution in [3.05, 3.63) is 35.0 Å². The van der Waals surface area contributed by atoms with Crippen LogP contribution in [0.5, 0.6) is 0 Å². The number of imidazole rings is 1. The van der Waals surface area contributed by atoms with Crippen molar-refractivity contribution in [2.45, 2.75) is 40.0 Å². The normalized spacial score (nSPS) is 11.3. The Kier molecular flexibility index (Phi) is 3.30. The van der Waals surface area contributed by atoms with E-state index in [9.17, 15) is 0 Å². The predicted molar refractivity (Wildman–Crippen MR) is 81.8 cm³/mol. The Hall–Kier alpha value is -2.10. The van der Waals surface area contributed by atoms with Gasteiger partial charge in [0.2, 0.25) is 0 Å². The van der Waals surface area contributed by atoms with E-state index in [2.05, 4.69) is 59.1 Å². The molecule has 4 nitrogen and oxygen atoms in total. The lowest BCUT2D eigenvalue weighted by Gasteiger charge is -1.97. The number of fused-ring (bicyclic) bond motifs is 1. The van der Waals surface area contributed by atoms with Crippen LogP contribution in [0.15, 0.2) is 18.2 Å². The van der Waals surface area contributed by atoms with E-state index in [4.69, 9.17) is 0 Å². The Morgan fingerprint density at radius 3 is 2.70 bits per heavy atom. The lowest BCUT2D eigenvalue weighted by atomic mass is 10.1. The van der Waals surface area contributed by atoms with Gasteiger partial charge >= 0.3 is 0 Å². The largest absolute Gasteiger partial charge is 0.337 e. The van der Waals surface area contributed by atoms with Gasteiger partial charge in [0.25, 0.3) is 0 Å². The van der Waals surface area contributed by atoms with Gasteiger partial charge in [0.15, 0.2) is 5.82 Å². The molecule has 0 saturated heterocycles. The Morgan fingerprint density at radius 1 is 1.10 bits per heavy atom. The number of hydrogen-bond donors (Lipinski definition) is 2. The third-order valence-corrected chi connectivity index (χ3v) is 3.77. The van der Waals surface area contributed by atoms with Crippen molar-refractivity contribution in [1.29, 1.82) is 0 Å². The van der Waals surface area contributed by atoms with E-state index in [0.717, 1.165) is 29.0 Å². The molecule has 0 aliphatic rings. The van der Waals surface area contributed by atoms with Crippen LogP contribution in [0, 0.1) is 13.8 Å². The molecule has 1 aromatic carbocycles. The summed E-state index contributed by atoms with van der Waals surface area (Å²) in [5.74, 6) is 0.837. The predicted octanol–water partition coefficient (Wildman–Crippen LogP) is 3.91. The summed E-state index contributed by atoms with van der Waals surface area (Å²) in [6.07, 6.45) is 3.42. The minimum absolute atomic E-state index is 0.837. The number of aryl methyl sites for hydroxylation is 3.